The van der Waals surface area contributed by atoms with Crippen LogP contribution in [0.1, 0.15) is 11.1 Å². The number of halogens is 2. The molecule has 2 aromatic heterocycles. The topological polar surface area (TPSA) is 103 Å². The number of rotatable bonds is 4. The number of aromatic nitrogens is 4. The first-order valence-corrected chi connectivity index (χ1v) is 11.1. The Bertz CT molecular complexity index is 1490. The van der Waals surface area contributed by atoms with E-state index in [4.69, 9.17) is 28.6 Å². The minimum absolute atomic E-state index is 0.109. The van der Waals surface area contributed by atoms with Gasteiger partial charge in [0.1, 0.15) is 5.49 Å². The summed E-state index contributed by atoms with van der Waals surface area (Å²) in [5.41, 5.74) is 3.33. The van der Waals surface area contributed by atoms with Gasteiger partial charge in [-0.1, -0.05) is 35.3 Å². The zero-order valence-electron chi connectivity index (χ0n) is 18.0. The lowest BCUT2D eigenvalue weighted by Gasteiger charge is -2.17. The second-order valence-electron chi connectivity index (χ2n) is 8.27. The van der Waals surface area contributed by atoms with E-state index in [9.17, 15) is 4.79 Å². The predicted octanol–water partition coefficient (Wildman–Crippen LogP) is 3.67. The van der Waals surface area contributed by atoms with E-state index in [-0.39, 0.29) is 26.9 Å². The van der Waals surface area contributed by atoms with Gasteiger partial charge >= 0.3 is 5.69 Å². The summed E-state index contributed by atoms with van der Waals surface area (Å²) in [6.45, 7) is 0. The lowest BCUT2D eigenvalue weighted by atomic mass is 10.1. The molecular formula is C23H21Cl2N7O. The van der Waals surface area contributed by atoms with Crippen molar-refractivity contribution in [2.75, 3.05) is 19.4 Å². The van der Waals surface area contributed by atoms with E-state index in [1.54, 1.807) is 18.2 Å². The molecule has 0 aliphatic heterocycles. The standard InChI is InChI=1S/C23H21Cl2N7O/c1-31(2)15-9-12-6-7-14(8-13(12)10-15)28-22-27-11-16-20(26)32(23(33)30-21(16)29-22)19-17(24)4-3-5-18(19)25/h3-8,11,15,26H,9-10H2,1-2H3,(H2,27,28,29,30,33)/t15-/m0/s1. The summed E-state index contributed by atoms with van der Waals surface area (Å²) in [4.78, 5) is 26.6. The summed E-state index contributed by atoms with van der Waals surface area (Å²) in [7, 11) is 4.20. The fraction of sp³-hybridized carbons (Fsp3) is 0.217. The fourth-order valence-corrected chi connectivity index (χ4v) is 4.74. The molecule has 1 aliphatic rings. The number of likely N-dealkylation sites (N-methyl/N-ethyl adjacent to an activating group) is 1. The number of nitrogens with zero attached hydrogens (tertiary/aromatic N) is 4. The highest BCUT2D eigenvalue weighted by atomic mass is 35.5. The summed E-state index contributed by atoms with van der Waals surface area (Å²) in [6.07, 6.45) is 3.54. The molecule has 168 valence electrons. The van der Waals surface area contributed by atoms with Crippen molar-refractivity contribution < 1.29 is 0 Å². The molecule has 1 aliphatic carbocycles. The van der Waals surface area contributed by atoms with Crippen molar-refractivity contribution >= 4 is 45.9 Å². The average Bonchev–Trinajstić information content (AvgIpc) is 3.19. The van der Waals surface area contributed by atoms with E-state index in [0.29, 0.717) is 17.4 Å². The molecule has 10 heteroatoms. The second-order valence-corrected chi connectivity index (χ2v) is 9.09. The summed E-state index contributed by atoms with van der Waals surface area (Å²) >= 11 is 12.5. The van der Waals surface area contributed by atoms with Crippen LogP contribution in [-0.4, -0.2) is 44.6 Å². The molecule has 3 N–H and O–H groups in total. The number of hydrogen-bond acceptors (Lipinski definition) is 6. The molecule has 4 aromatic rings. The third kappa shape index (κ3) is 3.90. The molecule has 2 aromatic carbocycles. The Hall–Kier alpha value is -3.20. The van der Waals surface area contributed by atoms with Crippen molar-refractivity contribution in [1.29, 1.82) is 5.41 Å². The number of aromatic amines is 1. The van der Waals surface area contributed by atoms with Crippen LogP contribution in [0.5, 0.6) is 0 Å². The maximum Gasteiger partial charge on any atom is 0.333 e. The molecule has 0 fully saturated rings. The number of para-hydroxylation sites is 1. The quantitative estimate of drug-likeness (QED) is 0.412. The highest BCUT2D eigenvalue weighted by Crippen LogP contribution is 2.29. The number of hydrogen-bond donors (Lipinski definition) is 3. The first-order valence-electron chi connectivity index (χ1n) is 10.4. The van der Waals surface area contributed by atoms with Crippen LogP contribution in [0.15, 0.2) is 47.4 Å². The highest BCUT2D eigenvalue weighted by molar-refractivity contribution is 6.37. The molecule has 0 spiro atoms. The highest BCUT2D eigenvalue weighted by Gasteiger charge is 2.23. The number of H-pyrrole nitrogens is 1. The van der Waals surface area contributed by atoms with Crippen LogP contribution in [0.25, 0.3) is 16.7 Å². The molecule has 0 amide bonds. The van der Waals surface area contributed by atoms with Crippen LogP contribution >= 0.6 is 23.2 Å². The number of nitrogens with one attached hydrogen (secondary N) is 3. The Morgan fingerprint density at radius 1 is 1.15 bits per heavy atom. The summed E-state index contributed by atoms with van der Waals surface area (Å²) in [5.74, 6) is 0.327. The van der Waals surface area contributed by atoms with Crippen molar-refractivity contribution in [3.63, 3.8) is 0 Å². The second kappa shape index (κ2) is 8.30. The van der Waals surface area contributed by atoms with Crippen LogP contribution in [0.2, 0.25) is 10.0 Å². The minimum Gasteiger partial charge on any atom is -0.324 e. The molecule has 0 saturated carbocycles. The van der Waals surface area contributed by atoms with E-state index in [2.05, 4.69) is 51.4 Å². The Balaban J connectivity index is 1.50. The summed E-state index contributed by atoms with van der Waals surface area (Å²) in [5, 5.41) is 12.7. The van der Waals surface area contributed by atoms with Crippen LogP contribution in [-0.2, 0) is 12.8 Å². The predicted molar refractivity (Wildman–Crippen MR) is 130 cm³/mol. The van der Waals surface area contributed by atoms with Crippen molar-refractivity contribution in [3.8, 4) is 5.69 Å². The smallest absolute Gasteiger partial charge is 0.324 e. The van der Waals surface area contributed by atoms with Crippen molar-refractivity contribution in [2.45, 2.75) is 18.9 Å². The SMILES string of the molecule is CN(C)[C@H]1Cc2ccc(Nc3ncc4c(=N)n(-c5c(Cl)cccc5Cl)c(=O)[nH]c4n3)cc2C1. The van der Waals surface area contributed by atoms with E-state index < -0.39 is 5.69 Å². The van der Waals surface area contributed by atoms with Gasteiger partial charge in [0.25, 0.3) is 0 Å². The van der Waals surface area contributed by atoms with Crippen molar-refractivity contribution in [2.24, 2.45) is 0 Å². The maximum atomic E-state index is 12.8. The summed E-state index contributed by atoms with van der Waals surface area (Å²) in [6, 6.07) is 11.6. The van der Waals surface area contributed by atoms with Gasteiger partial charge in [0, 0.05) is 17.9 Å². The average molecular weight is 482 g/mol. The molecule has 0 bridgehead atoms. The van der Waals surface area contributed by atoms with Gasteiger partial charge < -0.3 is 10.2 Å². The van der Waals surface area contributed by atoms with Crippen LogP contribution in [0, 0.1) is 5.41 Å². The van der Waals surface area contributed by atoms with E-state index in [0.717, 1.165) is 23.1 Å². The van der Waals surface area contributed by atoms with Gasteiger partial charge in [-0.3, -0.25) is 10.4 Å². The molecule has 33 heavy (non-hydrogen) atoms. The van der Waals surface area contributed by atoms with Crippen molar-refractivity contribution in [1.82, 2.24) is 24.4 Å². The van der Waals surface area contributed by atoms with Crippen LogP contribution in [0.4, 0.5) is 11.6 Å². The Kier molecular flexibility index (Phi) is 5.44. The first-order chi connectivity index (χ1) is 15.8. The molecular weight excluding hydrogens is 461 g/mol. The Morgan fingerprint density at radius 3 is 2.61 bits per heavy atom. The zero-order valence-corrected chi connectivity index (χ0v) is 19.5. The Labute approximate surface area is 199 Å². The van der Waals surface area contributed by atoms with Crippen molar-refractivity contribution in [3.05, 3.63) is 79.7 Å². The third-order valence-electron chi connectivity index (χ3n) is 5.96. The van der Waals surface area contributed by atoms with Crippen LogP contribution in [0.3, 0.4) is 0 Å². The molecule has 0 saturated heterocycles. The van der Waals surface area contributed by atoms with Gasteiger partial charge in [-0.2, -0.15) is 4.98 Å². The maximum absolute atomic E-state index is 12.8. The van der Waals surface area contributed by atoms with E-state index in [1.807, 2.05) is 6.07 Å². The normalized spacial score (nSPS) is 15.2. The third-order valence-corrected chi connectivity index (χ3v) is 6.57. The lowest BCUT2D eigenvalue weighted by molar-refractivity contribution is 0.303. The monoisotopic (exact) mass is 481 g/mol. The molecule has 1 atom stereocenters. The molecule has 0 radical (unpaired) electrons. The van der Waals surface area contributed by atoms with Gasteiger partial charge in [-0.25, -0.2) is 14.3 Å². The van der Waals surface area contributed by atoms with E-state index in [1.165, 1.54) is 17.3 Å². The number of benzene rings is 2. The Morgan fingerprint density at radius 2 is 1.88 bits per heavy atom. The zero-order chi connectivity index (χ0) is 23.3. The molecule has 0 unspecified atom stereocenters. The molecule has 2 heterocycles. The fourth-order valence-electron chi connectivity index (χ4n) is 4.17. The largest absolute Gasteiger partial charge is 0.333 e. The first kappa shape index (κ1) is 21.6. The number of fused-ring (bicyclic) bond motifs is 2. The van der Waals surface area contributed by atoms with Crippen LogP contribution < -0.4 is 16.5 Å². The number of anilines is 2. The summed E-state index contributed by atoms with van der Waals surface area (Å²) < 4.78 is 1.12. The molecule has 5 rings (SSSR count). The van der Waals surface area contributed by atoms with Gasteiger partial charge in [0.15, 0.2) is 5.65 Å². The minimum atomic E-state index is -0.570. The van der Waals surface area contributed by atoms with Gasteiger partial charge in [0.2, 0.25) is 5.95 Å². The lowest BCUT2D eigenvalue weighted by Crippen LogP contribution is -2.34. The molecule has 8 nitrogen and oxygen atoms in total. The van der Waals surface area contributed by atoms with E-state index >= 15 is 0 Å². The van der Waals surface area contributed by atoms with Gasteiger partial charge in [-0.05, 0) is 62.3 Å². The van der Waals surface area contributed by atoms with Gasteiger partial charge in [0.05, 0.1) is 21.1 Å². The van der Waals surface area contributed by atoms with Gasteiger partial charge in [-0.15, -0.1) is 0 Å².